The Morgan fingerprint density at radius 2 is 2.21 bits per heavy atom. The van der Waals surface area contributed by atoms with E-state index in [0.717, 1.165) is 12.8 Å². The molecule has 5 nitrogen and oxygen atoms in total. The Morgan fingerprint density at radius 3 is 2.84 bits per heavy atom. The fourth-order valence-corrected chi connectivity index (χ4v) is 4.18. The van der Waals surface area contributed by atoms with Crippen molar-refractivity contribution < 1.29 is 13.2 Å². The molecule has 0 bridgehead atoms. The molecule has 1 aliphatic carbocycles. The summed E-state index contributed by atoms with van der Waals surface area (Å²) in [5.74, 6) is 0.433. The van der Waals surface area contributed by atoms with Crippen LogP contribution in [0.3, 0.4) is 0 Å². The molecule has 1 saturated heterocycles. The SMILES string of the molecule is CCNS(=O)(=O)[C@H]1CCN(C(=O)C[C@H]2C=CCC2)C1. The highest BCUT2D eigenvalue weighted by Crippen LogP contribution is 2.23. The van der Waals surface area contributed by atoms with Crippen molar-refractivity contribution in [3.8, 4) is 0 Å². The number of likely N-dealkylation sites (tertiary alicyclic amines) is 1. The molecule has 6 heteroatoms. The van der Waals surface area contributed by atoms with Crippen LogP contribution in [0.5, 0.6) is 0 Å². The quantitative estimate of drug-likeness (QED) is 0.763. The van der Waals surface area contributed by atoms with Crippen molar-refractivity contribution in [2.75, 3.05) is 19.6 Å². The third-order valence-electron chi connectivity index (χ3n) is 3.83. The highest BCUT2D eigenvalue weighted by molar-refractivity contribution is 7.90. The topological polar surface area (TPSA) is 66.5 Å². The first-order valence-electron chi connectivity index (χ1n) is 6.96. The van der Waals surface area contributed by atoms with Gasteiger partial charge in [0.05, 0.1) is 5.25 Å². The minimum atomic E-state index is -3.26. The number of carbonyl (C=O) groups excluding carboxylic acids is 1. The van der Waals surface area contributed by atoms with Gasteiger partial charge in [-0.15, -0.1) is 0 Å². The number of hydrogen-bond donors (Lipinski definition) is 1. The van der Waals surface area contributed by atoms with Gasteiger partial charge in [-0.3, -0.25) is 4.79 Å². The first-order chi connectivity index (χ1) is 9.03. The number of carbonyl (C=O) groups is 1. The maximum Gasteiger partial charge on any atom is 0.223 e. The average Bonchev–Trinajstić information content (AvgIpc) is 2.99. The standard InChI is InChI=1S/C13H22N2O3S/c1-2-14-19(17,18)12-7-8-15(10-12)13(16)9-11-5-3-4-6-11/h3,5,11-12,14H,2,4,6-10H2,1H3/t11-,12-/m0/s1. The molecule has 0 aromatic rings. The van der Waals surface area contributed by atoms with Crippen LogP contribution >= 0.6 is 0 Å². The van der Waals surface area contributed by atoms with E-state index >= 15 is 0 Å². The molecular formula is C13H22N2O3S. The van der Waals surface area contributed by atoms with E-state index in [1.54, 1.807) is 11.8 Å². The Kier molecular flexibility index (Phi) is 4.62. The fourth-order valence-electron chi connectivity index (χ4n) is 2.75. The second-order valence-electron chi connectivity index (χ2n) is 5.26. The van der Waals surface area contributed by atoms with Gasteiger partial charge >= 0.3 is 0 Å². The molecule has 0 radical (unpaired) electrons. The van der Waals surface area contributed by atoms with Crippen LogP contribution in [0.4, 0.5) is 0 Å². The normalized spacial score (nSPS) is 27.1. The second-order valence-corrected chi connectivity index (χ2v) is 7.31. The van der Waals surface area contributed by atoms with Crippen molar-refractivity contribution in [1.29, 1.82) is 0 Å². The molecule has 0 spiro atoms. The van der Waals surface area contributed by atoms with E-state index in [2.05, 4.69) is 16.9 Å². The summed E-state index contributed by atoms with van der Waals surface area (Å²) in [7, 11) is -3.26. The van der Waals surface area contributed by atoms with Crippen LogP contribution in [0.2, 0.25) is 0 Å². The summed E-state index contributed by atoms with van der Waals surface area (Å²) < 4.78 is 26.3. The molecule has 1 aliphatic heterocycles. The van der Waals surface area contributed by atoms with Crippen LogP contribution in [-0.4, -0.2) is 44.1 Å². The average molecular weight is 286 g/mol. The minimum absolute atomic E-state index is 0.0887. The zero-order valence-electron chi connectivity index (χ0n) is 11.3. The van der Waals surface area contributed by atoms with E-state index in [-0.39, 0.29) is 5.91 Å². The molecule has 2 atom stereocenters. The molecule has 0 aromatic heterocycles. The van der Waals surface area contributed by atoms with Crippen LogP contribution in [0.1, 0.15) is 32.6 Å². The third kappa shape index (κ3) is 3.57. The van der Waals surface area contributed by atoms with Crippen molar-refractivity contribution in [1.82, 2.24) is 9.62 Å². The largest absolute Gasteiger partial charge is 0.341 e. The molecule has 2 aliphatic rings. The predicted molar refractivity (Wildman–Crippen MR) is 74.1 cm³/mol. The minimum Gasteiger partial charge on any atom is -0.341 e. The summed E-state index contributed by atoms with van der Waals surface area (Å²) in [4.78, 5) is 13.8. The van der Waals surface area contributed by atoms with Gasteiger partial charge in [0.25, 0.3) is 0 Å². The first kappa shape index (κ1) is 14.5. The van der Waals surface area contributed by atoms with Crippen LogP contribution in [-0.2, 0) is 14.8 Å². The number of rotatable bonds is 5. The van der Waals surface area contributed by atoms with Crippen molar-refractivity contribution in [3.63, 3.8) is 0 Å². The van der Waals surface area contributed by atoms with Gasteiger partial charge in [-0.2, -0.15) is 0 Å². The zero-order chi connectivity index (χ0) is 13.9. The molecule has 19 heavy (non-hydrogen) atoms. The van der Waals surface area contributed by atoms with Crippen molar-refractivity contribution in [2.24, 2.45) is 5.92 Å². The van der Waals surface area contributed by atoms with Gasteiger partial charge in [0.2, 0.25) is 15.9 Å². The number of nitrogens with zero attached hydrogens (tertiary/aromatic N) is 1. The Balaban J connectivity index is 1.87. The smallest absolute Gasteiger partial charge is 0.223 e. The van der Waals surface area contributed by atoms with Gasteiger partial charge < -0.3 is 4.90 Å². The summed E-state index contributed by atoms with van der Waals surface area (Å²) >= 11 is 0. The summed E-state index contributed by atoms with van der Waals surface area (Å²) in [6, 6.07) is 0. The highest BCUT2D eigenvalue weighted by atomic mass is 32.2. The van der Waals surface area contributed by atoms with Crippen molar-refractivity contribution >= 4 is 15.9 Å². The zero-order valence-corrected chi connectivity index (χ0v) is 12.2. The van der Waals surface area contributed by atoms with Gasteiger partial charge in [0.1, 0.15) is 0 Å². The van der Waals surface area contributed by atoms with Gasteiger partial charge in [-0.1, -0.05) is 19.1 Å². The molecule has 1 amide bonds. The van der Waals surface area contributed by atoms with Crippen LogP contribution in [0, 0.1) is 5.92 Å². The number of allylic oxidation sites excluding steroid dienone is 2. The first-order valence-corrected chi connectivity index (χ1v) is 8.50. The Labute approximate surface area is 115 Å². The Morgan fingerprint density at radius 1 is 1.42 bits per heavy atom. The van der Waals surface area contributed by atoms with Crippen LogP contribution in [0.25, 0.3) is 0 Å². The Hall–Kier alpha value is -0.880. The van der Waals surface area contributed by atoms with E-state index in [1.165, 1.54) is 0 Å². The lowest BCUT2D eigenvalue weighted by Crippen LogP contribution is -2.37. The molecule has 1 heterocycles. The lowest BCUT2D eigenvalue weighted by molar-refractivity contribution is -0.130. The number of hydrogen-bond acceptors (Lipinski definition) is 3. The lowest BCUT2D eigenvalue weighted by Gasteiger charge is -2.18. The number of nitrogens with one attached hydrogen (secondary N) is 1. The fraction of sp³-hybridized carbons (Fsp3) is 0.769. The highest BCUT2D eigenvalue weighted by Gasteiger charge is 2.35. The van der Waals surface area contributed by atoms with E-state index in [4.69, 9.17) is 0 Å². The van der Waals surface area contributed by atoms with E-state index in [1.807, 2.05) is 0 Å². The lowest BCUT2D eigenvalue weighted by atomic mass is 10.0. The van der Waals surface area contributed by atoms with Crippen molar-refractivity contribution in [3.05, 3.63) is 12.2 Å². The van der Waals surface area contributed by atoms with E-state index < -0.39 is 15.3 Å². The number of amides is 1. The number of sulfonamides is 1. The molecule has 1 N–H and O–H groups in total. The molecule has 0 saturated carbocycles. The summed E-state index contributed by atoms with van der Waals surface area (Å²) in [6.45, 7) is 3.07. The monoisotopic (exact) mass is 286 g/mol. The summed E-state index contributed by atoms with van der Waals surface area (Å²) in [5.41, 5.74) is 0. The predicted octanol–water partition coefficient (Wildman–Crippen LogP) is 0.883. The molecule has 108 valence electrons. The van der Waals surface area contributed by atoms with E-state index in [0.29, 0.717) is 38.4 Å². The van der Waals surface area contributed by atoms with Gasteiger partial charge in [0.15, 0.2) is 0 Å². The summed E-state index contributed by atoms with van der Waals surface area (Å²) in [5, 5.41) is -0.449. The van der Waals surface area contributed by atoms with Crippen molar-refractivity contribution in [2.45, 2.75) is 37.9 Å². The molecular weight excluding hydrogens is 264 g/mol. The maximum absolute atomic E-state index is 12.1. The Bertz CT molecular complexity index is 459. The van der Waals surface area contributed by atoms with Crippen LogP contribution in [0.15, 0.2) is 12.2 Å². The van der Waals surface area contributed by atoms with Gasteiger partial charge in [0, 0.05) is 26.1 Å². The second kappa shape index (κ2) is 6.05. The van der Waals surface area contributed by atoms with Crippen LogP contribution < -0.4 is 4.72 Å². The molecule has 0 unspecified atom stereocenters. The van der Waals surface area contributed by atoms with Gasteiger partial charge in [-0.05, 0) is 25.2 Å². The molecule has 1 fully saturated rings. The third-order valence-corrected chi connectivity index (χ3v) is 5.78. The van der Waals surface area contributed by atoms with Gasteiger partial charge in [-0.25, -0.2) is 13.1 Å². The van der Waals surface area contributed by atoms with E-state index in [9.17, 15) is 13.2 Å². The summed E-state index contributed by atoms with van der Waals surface area (Å²) in [6.07, 6.45) is 7.36. The molecule has 2 rings (SSSR count). The molecule has 0 aromatic carbocycles. The maximum atomic E-state index is 12.1.